The Bertz CT molecular complexity index is 526. The quantitative estimate of drug-likeness (QED) is 0.850. The molecule has 1 aromatic carbocycles. The summed E-state index contributed by atoms with van der Waals surface area (Å²) in [6.45, 7) is 7.11. The molecule has 3 nitrogen and oxygen atoms in total. The molecule has 3 heteroatoms. The van der Waals surface area contributed by atoms with Gasteiger partial charge in [-0.3, -0.25) is 4.98 Å². The first kappa shape index (κ1) is 14.4. The van der Waals surface area contributed by atoms with Crippen molar-refractivity contribution in [2.24, 2.45) is 5.92 Å². The Hall–Kier alpha value is -2.03. The van der Waals surface area contributed by atoms with Crippen molar-refractivity contribution in [3.8, 4) is 5.75 Å². The molecule has 0 amide bonds. The molecule has 1 N–H and O–H groups in total. The summed E-state index contributed by atoms with van der Waals surface area (Å²) in [5.41, 5.74) is 2.03. The standard InChI is InChI=1S/C17H22N2O/c1-13(2)12-20-17-10-5-4-9-16(17)19-14(3)15-8-6-7-11-18-15/h4-11,13-14,19H,12H2,1-3H3. The van der Waals surface area contributed by atoms with E-state index in [0.717, 1.165) is 23.7 Å². The van der Waals surface area contributed by atoms with Gasteiger partial charge in [-0.15, -0.1) is 0 Å². The number of hydrogen-bond acceptors (Lipinski definition) is 3. The lowest BCUT2D eigenvalue weighted by Crippen LogP contribution is -2.11. The molecule has 0 bridgehead atoms. The van der Waals surface area contributed by atoms with Crippen LogP contribution in [0.3, 0.4) is 0 Å². The molecule has 0 spiro atoms. The summed E-state index contributed by atoms with van der Waals surface area (Å²) in [4.78, 5) is 4.38. The second kappa shape index (κ2) is 6.94. The first-order valence-corrected chi connectivity index (χ1v) is 7.06. The fraction of sp³-hybridized carbons (Fsp3) is 0.353. The van der Waals surface area contributed by atoms with Crippen LogP contribution in [0.15, 0.2) is 48.7 Å². The van der Waals surface area contributed by atoms with Gasteiger partial charge in [0.25, 0.3) is 0 Å². The van der Waals surface area contributed by atoms with E-state index in [4.69, 9.17) is 4.74 Å². The third kappa shape index (κ3) is 3.98. The van der Waals surface area contributed by atoms with Crippen molar-refractivity contribution >= 4 is 5.69 Å². The summed E-state index contributed by atoms with van der Waals surface area (Å²) in [6.07, 6.45) is 1.81. The fourth-order valence-corrected chi connectivity index (χ4v) is 1.91. The zero-order valence-electron chi connectivity index (χ0n) is 12.3. The highest BCUT2D eigenvalue weighted by Crippen LogP contribution is 2.27. The summed E-state index contributed by atoms with van der Waals surface area (Å²) < 4.78 is 5.85. The Morgan fingerprint density at radius 1 is 1.05 bits per heavy atom. The molecule has 0 aliphatic carbocycles. The minimum absolute atomic E-state index is 0.139. The Labute approximate surface area is 121 Å². The minimum Gasteiger partial charge on any atom is -0.491 e. The molecule has 0 radical (unpaired) electrons. The smallest absolute Gasteiger partial charge is 0.142 e. The van der Waals surface area contributed by atoms with Crippen molar-refractivity contribution in [2.45, 2.75) is 26.8 Å². The molecule has 0 fully saturated rings. The van der Waals surface area contributed by atoms with Crippen LogP contribution >= 0.6 is 0 Å². The van der Waals surface area contributed by atoms with Gasteiger partial charge in [0.2, 0.25) is 0 Å². The predicted molar refractivity (Wildman–Crippen MR) is 83.0 cm³/mol. The highest BCUT2D eigenvalue weighted by Gasteiger charge is 2.09. The van der Waals surface area contributed by atoms with E-state index in [2.05, 4.69) is 31.1 Å². The van der Waals surface area contributed by atoms with Crippen molar-refractivity contribution in [1.29, 1.82) is 0 Å². The average Bonchev–Trinajstić information content (AvgIpc) is 2.47. The van der Waals surface area contributed by atoms with Crippen LogP contribution in [0, 0.1) is 5.92 Å². The number of ether oxygens (including phenoxy) is 1. The largest absolute Gasteiger partial charge is 0.491 e. The number of anilines is 1. The Balaban J connectivity index is 2.09. The van der Waals surface area contributed by atoms with Gasteiger partial charge in [0.1, 0.15) is 5.75 Å². The molecule has 0 saturated carbocycles. The molecule has 20 heavy (non-hydrogen) atoms. The number of para-hydroxylation sites is 2. The zero-order valence-corrected chi connectivity index (χ0v) is 12.3. The normalized spacial score (nSPS) is 12.2. The highest BCUT2D eigenvalue weighted by atomic mass is 16.5. The second-order valence-corrected chi connectivity index (χ2v) is 5.32. The van der Waals surface area contributed by atoms with E-state index in [1.165, 1.54) is 0 Å². The van der Waals surface area contributed by atoms with Crippen LogP contribution in [0.2, 0.25) is 0 Å². The molecule has 1 heterocycles. The third-order valence-electron chi connectivity index (χ3n) is 2.96. The summed E-state index contributed by atoms with van der Waals surface area (Å²) >= 11 is 0. The monoisotopic (exact) mass is 270 g/mol. The molecule has 0 aliphatic heterocycles. The van der Waals surface area contributed by atoms with Crippen molar-refractivity contribution in [3.05, 3.63) is 54.4 Å². The Kier molecular flexibility index (Phi) is 4.99. The lowest BCUT2D eigenvalue weighted by Gasteiger charge is -2.18. The second-order valence-electron chi connectivity index (χ2n) is 5.32. The van der Waals surface area contributed by atoms with Gasteiger partial charge in [-0.25, -0.2) is 0 Å². The van der Waals surface area contributed by atoms with Crippen LogP contribution < -0.4 is 10.1 Å². The average molecular weight is 270 g/mol. The fourth-order valence-electron chi connectivity index (χ4n) is 1.91. The molecule has 0 aliphatic rings. The third-order valence-corrected chi connectivity index (χ3v) is 2.96. The number of rotatable bonds is 6. The molecule has 2 aromatic rings. The van der Waals surface area contributed by atoms with Crippen LogP contribution in [0.1, 0.15) is 32.5 Å². The summed E-state index contributed by atoms with van der Waals surface area (Å²) in [5.74, 6) is 1.40. The Morgan fingerprint density at radius 3 is 2.50 bits per heavy atom. The Morgan fingerprint density at radius 2 is 1.80 bits per heavy atom. The van der Waals surface area contributed by atoms with Gasteiger partial charge in [0, 0.05) is 6.20 Å². The van der Waals surface area contributed by atoms with Crippen molar-refractivity contribution in [2.75, 3.05) is 11.9 Å². The van der Waals surface area contributed by atoms with Crippen molar-refractivity contribution in [1.82, 2.24) is 4.98 Å². The van der Waals surface area contributed by atoms with Crippen LogP contribution in [0.5, 0.6) is 5.75 Å². The lowest BCUT2D eigenvalue weighted by molar-refractivity contribution is 0.272. The molecule has 1 atom stereocenters. The molecule has 106 valence electrons. The summed E-state index contributed by atoms with van der Waals surface area (Å²) in [5, 5.41) is 3.46. The molecule has 2 rings (SSSR count). The van der Waals surface area contributed by atoms with Crippen LogP contribution in [-0.4, -0.2) is 11.6 Å². The maximum atomic E-state index is 5.85. The first-order chi connectivity index (χ1) is 9.66. The lowest BCUT2D eigenvalue weighted by atomic mass is 10.2. The summed E-state index contributed by atoms with van der Waals surface area (Å²) in [6, 6.07) is 14.1. The number of nitrogens with one attached hydrogen (secondary N) is 1. The number of nitrogens with zero attached hydrogens (tertiary/aromatic N) is 1. The number of aromatic nitrogens is 1. The maximum absolute atomic E-state index is 5.85. The van der Waals surface area contributed by atoms with Gasteiger partial charge in [0.15, 0.2) is 0 Å². The zero-order chi connectivity index (χ0) is 14.4. The van der Waals surface area contributed by atoms with E-state index in [9.17, 15) is 0 Å². The van der Waals surface area contributed by atoms with Gasteiger partial charge in [-0.1, -0.05) is 32.0 Å². The molecule has 1 unspecified atom stereocenters. The van der Waals surface area contributed by atoms with Gasteiger partial charge in [-0.2, -0.15) is 0 Å². The van der Waals surface area contributed by atoms with Crippen molar-refractivity contribution in [3.63, 3.8) is 0 Å². The summed E-state index contributed by atoms with van der Waals surface area (Å²) in [7, 11) is 0. The van der Waals surface area contributed by atoms with Gasteiger partial charge < -0.3 is 10.1 Å². The topological polar surface area (TPSA) is 34.1 Å². The number of hydrogen-bond donors (Lipinski definition) is 1. The predicted octanol–water partition coefficient (Wildman–Crippen LogP) is 4.29. The van der Waals surface area contributed by atoms with Crippen LogP contribution in [0.4, 0.5) is 5.69 Å². The molecule has 0 saturated heterocycles. The number of pyridine rings is 1. The van der Waals surface area contributed by atoms with Crippen LogP contribution in [0.25, 0.3) is 0 Å². The van der Waals surface area contributed by atoms with E-state index >= 15 is 0 Å². The first-order valence-electron chi connectivity index (χ1n) is 7.06. The van der Waals surface area contributed by atoms with Crippen molar-refractivity contribution < 1.29 is 4.74 Å². The van der Waals surface area contributed by atoms with E-state index in [1.807, 2.05) is 48.7 Å². The number of benzene rings is 1. The van der Waals surface area contributed by atoms with Crippen LogP contribution in [-0.2, 0) is 0 Å². The van der Waals surface area contributed by atoms with E-state index in [-0.39, 0.29) is 6.04 Å². The van der Waals surface area contributed by atoms with Gasteiger partial charge in [-0.05, 0) is 37.1 Å². The SMILES string of the molecule is CC(C)COc1ccccc1NC(C)c1ccccn1. The highest BCUT2D eigenvalue weighted by molar-refractivity contribution is 5.57. The van der Waals surface area contributed by atoms with Gasteiger partial charge in [0.05, 0.1) is 24.0 Å². The van der Waals surface area contributed by atoms with E-state index in [0.29, 0.717) is 5.92 Å². The minimum atomic E-state index is 0.139. The van der Waals surface area contributed by atoms with Gasteiger partial charge >= 0.3 is 0 Å². The molecular weight excluding hydrogens is 248 g/mol. The molecule has 1 aromatic heterocycles. The van der Waals surface area contributed by atoms with E-state index < -0.39 is 0 Å². The maximum Gasteiger partial charge on any atom is 0.142 e. The molecular formula is C17H22N2O. The van der Waals surface area contributed by atoms with E-state index in [1.54, 1.807) is 0 Å².